The summed E-state index contributed by atoms with van der Waals surface area (Å²) < 4.78 is 32.4. The van der Waals surface area contributed by atoms with Crippen LogP contribution in [0.2, 0.25) is 0 Å². The number of rotatable bonds is 5. The van der Waals surface area contributed by atoms with Crippen molar-refractivity contribution >= 4 is 38.4 Å². The second kappa shape index (κ2) is 6.90. The Morgan fingerprint density at radius 3 is 2.42 bits per heavy atom. The van der Waals surface area contributed by atoms with Crippen molar-refractivity contribution in [3.05, 3.63) is 22.7 Å². The highest BCUT2D eigenvalue weighted by Gasteiger charge is 2.26. The van der Waals surface area contributed by atoms with Crippen LogP contribution in [0.3, 0.4) is 0 Å². The monoisotopic (exact) mass is 372 g/mol. The van der Waals surface area contributed by atoms with Gasteiger partial charge in [-0.1, -0.05) is 0 Å². The van der Waals surface area contributed by atoms with Crippen LogP contribution < -0.4 is 15.2 Å². The van der Waals surface area contributed by atoms with Crippen LogP contribution in [0.4, 0.5) is 0 Å². The fourth-order valence-corrected chi connectivity index (χ4v) is 3.77. The van der Waals surface area contributed by atoms with Crippen LogP contribution in [0.15, 0.2) is 27.6 Å². The molecule has 1 rings (SSSR count). The Labute approximate surface area is 128 Å². The molecule has 0 aliphatic rings. The summed E-state index contributed by atoms with van der Waals surface area (Å²) in [5, 5.41) is 0. The molecule has 1 aromatic carbocycles. The van der Waals surface area contributed by atoms with Gasteiger partial charge in [0.2, 0.25) is 10.0 Å². The number of sulfonamides is 1. The van der Waals surface area contributed by atoms with Gasteiger partial charge in [0, 0.05) is 16.6 Å². The summed E-state index contributed by atoms with van der Waals surface area (Å²) in [5.74, 6) is 0.582. The summed E-state index contributed by atoms with van der Waals surface area (Å²) in [6, 6.07) is 4.68. The van der Waals surface area contributed by atoms with Gasteiger partial charge in [-0.3, -0.25) is 0 Å². The van der Waals surface area contributed by atoms with Crippen molar-refractivity contribution in [1.82, 2.24) is 4.72 Å². The molecule has 0 atom stereocenters. The van der Waals surface area contributed by atoms with Crippen LogP contribution in [0.5, 0.6) is 5.75 Å². The predicted octanol–water partition coefficient (Wildman–Crippen LogP) is 1.90. The molecule has 0 bridgehead atoms. The molecule has 0 unspecified atom stereocenters. The molecular weight excluding hydrogens is 356 g/mol. The van der Waals surface area contributed by atoms with Crippen molar-refractivity contribution in [2.45, 2.75) is 24.3 Å². The molecule has 5 nitrogen and oxygen atoms in total. The standard InChI is InChI=1S/C11H17BrN2O3S.ClH/c1-11(2,7-13)14-18(15,16)10-5-4-8(17-3)6-9(10)12;/h4-6,14H,7,13H2,1-3H3;1H. The van der Waals surface area contributed by atoms with Crippen molar-refractivity contribution in [3.8, 4) is 5.75 Å². The molecule has 0 radical (unpaired) electrons. The molecule has 8 heteroatoms. The Hall–Kier alpha value is -0.340. The lowest BCUT2D eigenvalue weighted by atomic mass is 10.1. The molecule has 0 saturated carbocycles. The van der Waals surface area contributed by atoms with Crippen LogP contribution >= 0.6 is 28.3 Å². The number of benzene rings is 1. The van der Waals surface area contributed by atoms with E-state index in [-0.39, 0.29) is 23.8 Å². The third-order valence-electron chi connectivity index (χ3n) is 2.35. The van der Waals surface area contributed by atoms with Gasteiger partial charge in [0.05, 0.1) is 12.0 Å². The zero-order valence-electron chi connectivity index (χ0n) is 10.9. The summed E-state index contributed by atoms with van der Waals surface area (Å²) in [7, 11) is -2.10. The van der Waals surface area contributed by atoms with Crippen molar-refractivity contribution in [1.29, 1.82) is 0 Å². The van der Waals surface area contributed by atoms with E-state index in [0.29, 0.717) is 10.2 Å². The molecule has 0 amide bonds. The van der Waals surface area contributed by atoms with Gasteiger partial charge in [-0.15, -0.1) is 12.4 Å². The Morgan fingerprint density at radius 2 is 2.00 bits per heavy atom. The number of ether oxygens (including phenoxy) is 1. The first kappa shape index (κ1) is 18.7. The Kier molecular flexibility index (Phi) is 6.77. The van der Waals surface area contributed by atoms with E-state index in [0.717, 1.165) is 0 Å². The van der Waals surface area contributed by atoms with E-state index in [1.807, 2.05) is 0 Å². The van der Waals surface area contributed by atoms with Crippen molar-refractivity contribution < 1.29 is 13.2 Å². The molecule has 0 heterocycles. The summed E-state index contributed by atoms with van der Waals surface area (Å²) in [6.07, 6.45) is 0. The minimum Gasteiger partial charge on any atom is -0.497 e. The van der Waals surface area contributed by atoms with Crippen molar-refractivity contribution in [2.75, 3.05) is 13.7 Å². The zero-order chi connectivity index (χ0) is 14.0. The summed E-state index contributed by atoms with van der Waals surface area (Å²) >= 11 is 3.22. The predicted molar refractivity (Wildman–Crippen MR) is 81.4 cm³/mol. The maximum absolute atomic E-state index is 12.2. The molecule has 0 fully saturated rings. The second-order valence-corrected chi connectivity index (χ2v) is 7.00. The van der Waals surface area contributed by atoms with E-state index < -0.39 is 15.6 Å². The SMILES string of the molecule is COc1ccc(S(=O)(=O)NC(C)(C)CN)c(Br)c1.Cl. The molecule has 3 N–H and O–H groups in total. The number of methoxy groups -OCH3 is 1. The van der Waals surface area contributed by atoms with Crippen LogP contribution in [0, 0.1) is 0 Å². The fourth-order valence-electron chi connectivity index (χ4n) is 1.29. The minimum absolute atomic E-state index is 0. The average Bonchev–Trinajstić information content (AvgIpc) is 2.27. The molecule has 0 saturated heterocycles. The van der Waals surface area contributed by atoms with Crippen LogP contribution in [-0.4, -0.2) is 27.6 Å². The summed E-state index contributed by atoms with van der Waals surface area (Å²) in [5.41, 5.74) is 4.82. The Morgan fingerprint density at radius 1 is 1.42 bits per heavy atom. The quantitative estimate of drug-likeness (QED) is 0.826. The molecule has 1 aromatic rings. The largest absolute Gasteiger partial charge is 0.497 e. The summed E-state index contributed by atoms with van der Waals surface area (Å²) in [6.45, 7) is 3.66. The lowest BCUT2D eigenvalue weighted by molar-refractivity contribution is 0.414. The average molecular weight is 374 g/mol. The molecule has 0 aromatic heterocycles. The fraction of sp³-hybridized carbons (Fsp3) is 0.455. The van der Waals surface area contributed by atoms with Gasteiger partial charge >= 0.3 is 0 Å². The molecule has 0 aliphatic carbocycles. The van der Waals surface area contributed by atoms with Crippen LogP contribution in [0.1, 0.15) is 13.8 Å². The molecular formula is C11H18BrClN2O3S. The third-order valence-corrected chi connectivity index (χ3v) is 5.02. The van der Waals surface area contributed by atoms with E-state index >= 15 is 0 Å². The normalized spacial score (nSPS) is 11.8. The van der Waals surface area contributed by atoms with Crippen LogP contribution in [0.25, 0.3) is 0 Å². The van der Waals surface area contributed by atoms with E-state index in [9.17, 15) is 8.42 Å². The lowest BCUT2D eigenvalue weighted by Gasteiger charge is -2.24. The van der Waals surface area contributed by atoms with Gasteiger partial charge in [0.15, 0.2) is 0 Å². The third kappa shape index (κ3) is 4.92. The topological polar surface area (TPSA) is 81.4 Å². The highest BCUT2D eigenvalue weighted by Crippen LogP contribution is 2.27. The number of hydrogen-bond acceptors (Lipinski definition) is 4. The number of halogens is 2. The first-order valence-electron chi connectivity index (χ1n) is 5.29. The zero-order valence-corrected chi connectivity index (χ0v) is 14.2. The van der Waals surface area contributed by atoms with Gasteiger partial charge in [-0.05, 0) is 48.0 Å². The van der Waals surface area contributed by atoms with E-state index in [1.165, 1.54) is 13.2 Å². The van der Waals surface area contributed by atoms with Gasteiger partial charge < -0.3 is 10.5 Å². The second-order valence-electron chi connectivity index (χ2n) is 4.49. The molecule has 0 aliphatic heterocycles. The molecule has 110 valence electrons. The van der Waals surface area contributed by atoms with E-state index in [1.54, 1.807) is 26.0 Å². The first-order valence-corrected chi connectivity index (χ1v) is 7.57. The van der Waals surface area contributed by atoms with Gasteiger partial charge in [0.25, 0.3) is 0 Å². The van der Waals surface area contributed by atoms with E-state index in [2.05, 4.69) is 20.7 Å². The first-order chi connectivity index (χ1) is 8.22. The maximum atomic E-state index is 12.2. The van der Waals surface area contributed by atoms with E-state index in [4.69, 9.17) is 10.5 Å². The molecule has 19 heavy (non-hydrogen) atoms. The number of nitrogens with one attached hydrogen (secondary N) is 1. The lowest BCUT2D eigenvalue weighted by Crippen LogP contribution is -2.48. The Balaban J connectivity index is 0.00000324. The minimum atomic E-state index is -3.62. The molecule has 0 spiro atoms. The van der Waals surface area contributed by atoms with Crippen LogP contribution in [-0.2, 0) is 10.0 Å². The van der Waals surface area contributed by atoms with Gasteiger partial charge in [0.1, 0.15) is 5.75 Å². The summed E-state index contributed by atoms with van der Waals surface area (Å²) in [4.78, 5) is 0.157. The van der Waals surface area contributed by atoms with Crippen molar-refractivity contribution in [3.63, 3.8) is 0 Å². The Bertz CT molecular complexity index is 535. The van der Waals surface area contributed by atoms with Crippen molar-refractivity contribution in [2.24, 2.45) is 5.73 Å². The van der Waals surface area contributed by atoms with Gasteiger partial charge in [-0.2, -0.15) is 0 Å². The maximum Gasteiger partial charge on any atom is 0.242 e. The smallest absolute Gasteiger partial charge is 0.242 e. The highest BCUT2D eigenvalue weighted by atomic mass is 79.9. The number of hydrogen-bond donors (Lipinski definition) is 2. The number of nitrogens with two attached hydrogens (primary N) is 1. The van der Waals surface area contributed by atoms with Gasteiger partial charge in [-0.25, -0.2) is 13.1 Å². The highest BCUT2D eigenvalue weighted by molar-refractivity contribution is 9.10.